The second kappa shape index (κ2) is 7.14. The van der Waals surface area contributed by atoms with Crippen LogP contribution in [0.1, 0.15) is 48.5 Å². The Labute approximate surface area is 153 Å². The summed E-state index contributed by atoms with van der Waals surface area (Å²) >= 11 is 0. The molecule has 0 saturated heterocycles. The van der Waals surface area contributed by atoms with Crippen LogP contribution in [-0.4, -0.2) is 52.9 Å². The van der Waals surface area contributed by atoms with Gasteiger partial charge in [0.25, 0.3) is 5.84 Å². The zero-order valence-corrected chi connectivity index (χ0v) is 17.2. The molecule has 4 atom stereocenters. The van der Waals surface area contributed by atoms with Crippen molar-refractivity contribution < 1.29 is 14.4 Å². The van der Waals surface area contributed by atoms with Gasteiger partial charge >= 0.3 is 0 Å². The summed E-state index contributed by atoms with van der Waals surface area (Å²) in [5.74, 6) is 0.824. The minimum Gasteiger partial charge on any atom is -0.358 e. The number of aliphatic hydroxyl groups excluding tert-OH is 1. The average molecular weight is 351 g/mol. The highest BCUT2D eigenvalue weighted by molar-refractivity contribution is 5.79. The van der Waals surface area contributed by atoms with Crippen LogP contribution in [0.15, 0.2) is 29.8 Å². The van der Waals surface area contributed by atoms with Crippen molar-refractivity contribution >= 4 is 12.6 Å². The largest absolute Gasteiger partial charge is 0.358 e. The molecule has 2 N–H and O–H groups in total. The second-order valence-corrected chi connectivity index (χ2v) is 7.81. The van der Waals surface area contributed by atoms with Crippen LogP contribution >= 0.6 is 0 Å². The fraction of sp³-hybridized carbons (Fsp3) is 0.700. The quantitative estimate of drug-likeness (QED) is 0.233. The summed E-state index contributed by atoms with van der Waals surface area (Å²) in [6, 6.07) is 0.198. The number of rotatable bonds is 8. The lowest BCUT2D eigenvalue weighted by molar-refractivity contribution is -0.483. The van der Waals surface area contributed by atoms with Crippen molar-refractivity contribution in [1.82, 2.24) is 5.32 Å². The van der Waals surface area contributed by atoms with Crippen molar-refractivity contribution in [2.75, 3.05) is 7.11 Å². The van der Waals surface area contributed by atoms with Crippen molar-refractivity contribution in [3.8, 4) is 0 Å². The second-order valence-electron chi connectivity index (χ2n) is 7.81. The third-order valence-electron chi connectivity index (χ3n) is 5.64. The van der Waals surface area contributed by atoms with Gasteiger partial charge in [0.1, 0.15) is 0 Å². The van der Waals surface area contributed by atoms with E-state index in [2.05, 4.69) is 57.9 Å². The van der Waals surface area contributed by atoms with Gasteiger partial charge in [0.15, 0.2) is 11.3 Å². The van der Waals surface area contributed by atoms with E-state index in [0.717, 1.165) is 11.4 Å². The van der Waals surface area contributed by atoms with Gasteiger partial charge < -0.3 is 9.84 Å². The Hall–Kier alpha value is -1.30. The summed E-state index contributed by atoms with van der Waals surface area (Å²) in [5.41, 5.74) is -0.840. The molecule has 0 heterocycles. The maximum absolute atomic E-state index is 9.80. The van der Waals surface area contributed by atoms with Crippen LogP contribution in [0.2, 0.25) is 0 Å². The number of aliphatic imine (C=N–C) groups is 1. The average Bonchev–Trinajstić information content (AvgIpc) is 2.95. The molecule has 4 unspecified atom stereocenters. The van der Waals surface area contributed by atoms with E-state index in [1.165, 1.54) is 0 Å². The first-order chi connectivity index (χ1) is 11.4. The van der Waals surface area contributed by atoms with E-state index in [-0.39, 0.29) is 12.0 Å². The van der Waals surface area contributed by atoms with Gasteiger partial charge in [-0.2, -0.15) is 0 Å². The number of hydrogen-bond acceptors (Lipinski definition) is 4. The van der Waals surface area contributed by atoms with Gasteiger partial charge in [0.05, 0.1) is 18.1 Å². The summed E-state index contributed by atoms with van der Waals surface area (Å²) in [7, 11) is 1.70. The molecule has 5 heteroatoms. The molecule has 1 aliphatic rings. The fourth-order valence-electron chi connectivity index (χ4n) is 4.15. The molecule has 0 bridgehead atoms. The van der Waals surface area contributed by atoms with Gasteiger partial charge in [-0.15, -0.1) is 0 Å². The zero-order valence-electron chi connectivity index (χ0n) is 17.2. The summed E-state index contributed by atoms with van der Waals surface area (Å²) in [6.07, 6.45) is 0.975. The van der Waals surface area contributed by atoms with Gasteiger partial charge in [-0.05, 0) is 33.3 Å². The highest BCUT2D eigenvalue weighted by Gasteiger charge is 2.89. The number of methoxy groups -OCH3 is 1. The normalized spacial score (nSPS) is 33.5. The van der Waals surface area contributed by atoms with Gasteiger partial charge in [0.2, 0.25) is 6.23 Å². The van der Waals surface area contributed by atoms with Crippen LogP contribution < -0.4 is 5.32 Å². The predicted molar refractivity (Wildman–Crippen MR) is 105 cm³/mol. The van der Waals surface area contributed by atoms with Gasteiger partial charge in [-0.25, -0.2) is 4.58 Å². The van der Waals surface area contributed by atoms with E-state index in [1.54, 1.807) is 20.1 Å². The lowest BCUT2D eigenvalue weighted by atomic mass is 9.92. The Morgan fingerprint density at radius 1 is 1.24 bits per heavy atom. The summed E-state index contributed by atoms with van der Waals surface area (Å²) in [4.78, 5) is 4.41. The molecule has 25 heavy (non-hydrogen) atoms. The molecule has 0 spiro atoms. The SMILES string of the molecule is C=CC(=C)C1(C)C(NC(C)C)(OC)C1(C)[N+](=C)/C(=N\C(C)O)C(C)C. The van der Waals surface area contributed by atoms with Gasteiger partial charge in [0, 0.05) is 20.1 Å². The molecule has 0 aromatic rings. The van der Waals surface area contributed by atoms with E-state index in [9.17, 15) is 5.11 Å². The smallest absolute Gasteiger partial charge is 0.298 e. The number of nitrogens with zero attached hydrogens (tertiary/aromatic N) is 2. The van der Waals surface area contributed by atoms with Crippen molar-refractivity contribution in [2.45, 2.75) is 72.0 Å². The molecule has 0 radical (unpaired) electrons. The summed E-state index contributed by atoms with van der Waals surface area (Å²) in [5, 5.41) is 13.4. The predicted octanol–water partition coefficient (Wildman–Crippen LogP) is 2.95. The van der Waals surface area contributed by atoms with Gasteiger partial charge in [-0.1, -0.05) is 38.1 Å². The van der Waals surface area contributed by atoms with Crippen LogP contribution in [-0.2, 0) is 4.74 Å². The molecule has 0 aromatic heterocycles. The number of hydrogen-bond donors (Lipinski definition) is 2. The Morgan fingerprint density at radius 3 is 2.08 bits per heavy atom. The zero-order chi connectivity index (χ0) is 19.8. The monoisotopic (exact) mass is 350 g/mol. The molecular formula is C20H36N3O2+. The number of nitrogens with one attached hydrogen (secondary N) is 1. The first kappa shape index (κ1) is 21.7. The van der Waals surface area contributed by atoms with E-state index in [1.807, 2.05) is 18.4 Å². The maximum Gasteiger partial charge on any atom is 0.298 e. The van der Waals surface area contributed by atoms with Crippen molar-refractivity contribution in [2.24, 2.45) is 16.3 Å². The maximum atomic E-state index is 9.80. The number of allylic oxidation sites excluding steroid dienone is 1. The third kappa shape index (κ3) is 2.92. The van der Waals surface area contributed by atoms with E-state index in [0.29, 0.717) is 0 Å². The Morgan fingerprint density at radius 2 is 1.76 bits per heavy atom. The van der Waals surface area contributed by atoms with Crippen LogP contribution in [0, 0.1) is 11.3 Å². The topological polar surface area (TPSA) is 56.9 Å². The van der Waals surface area contributed by atoms with E-state index in [4.69, 9.17) is 4.74 Å². The highest BCUT2D eigenvalue weighted by Crippen LogP contribution is 2.70. The van der Waals surface area contributed by atoms with Crippen molar-refractivity contribution in [1.29, 1.82) is 0 Å². The number of aliphatic hydroxyl groups is 1. The minimum absolute atomic E-state index is 0.0966. The number of amidine groups is 1. The first-order valence-electron chi connectivity index (χ1n) is 8.88. The van der Waals surface area contributed by atoms with E-state index < -0.39 is 22.9 Å². The molecule has 0 aliphatic heterocycles. The lowest BCUT2D eigenvalue weighted by Gasteiger charge is -2.25. The highest BCUT2D eigenvalue weighted by atomic mass is 16.5. The van der Waals surface area contributed by atoms with Crippen LogP contribution in [0.3, 0.4) is 0 Å². The summed E-state index contributed by atoms with van der Waals surface area (Å²) < 4.78 is 7.94. The van der Waals surface area contributed by atoms with Gasteiger partial charge in [-0.3, -0.25) is 5.32 Å². The lowest BCUT2D eigenvalue weighted by Crippen LogP contribution is -2.50. The van der Waals surface area contributed by atoms with Crippen molar-refractivity contribution in [3.63, 3.8) is 0 Å². The number of ether oxygens (including phenoxy) is 1. The van der Waals surface area contributed by atoms with Crippen LogP contribution in [0.5, 0.6) is 0 Å². The summed E-state index contributed by atoms with van der Waals surface area (Å²) in [6.45, 7) is 26.5. The third-order valence-corrected chi connectivity index (χ3v) is 5.64. The molecule has 5 nitrogen and oxygen atoms in total. The van der Waals surface area contributed by atoms with Crippen molar-refractivity contribution in [3.05, 3.63) is 24.8 Å². The Balaban J connectivity index is 3.58. The molecule has 1 saturated carbocycles. The Bertz CT molecular complexity index is 594. The van der Waals surface area contributed by atoms with Crippen LogP contribution in [0.25, 0.3) is 0 Å². The molecule has 0 amide bonds. The fourth-order valence-corrected chi connectivity index (χ4v) is 4.15. The first-order valence-corrected chi connectivity index (χ1v) is 8.88. The van der Waals surface area contributed by atoms with Crippen LogP contribution in [0.4, 0.5) is 0 Å². The molecule has 1 fully saturated rings. The molecule has 1 aliphatic carbocycles. The molecule has 0 aromatic carbocycles. The van der Waals surface area contributed by atoms with E-state index >= 15 is 0 Å². The Kier molecular flexibility index (Phi) is 6.21. The standard InChI is InChI=1S/C20H36N3O2/c1-12-15(6)18(8)19(9,20(18,25-11)22-14(4)5)23(10)17(13(2)3)21-16(7)24/h12-14,16,22,24H,1,6,10H2,2-5,7-9,11H3/q+1/b21-17-. The molecular weight excluding hydrogens is 314 g/mol. The molecule has 142 valence electrons. The molecule has 1 rings (SSSR count). The minimum atomic E-state index is -0.798.